The van der Waals surface area contributed by atoms with Crippen molar-refractivity contribution in [2.24, 2.45) is 0 Å². The summed E-state index contributed by atoms with van der Waals surface area (Å²) in [5.41, 5.74) is 4.00. The van der Waals surface area contributed by atoms with Gasteiger partial charge in [0.05, 0.1) is 18.5 Å². The Hall–Kier alpha value is -3.99. The molecule has 5 nitrogen and oxygen atoms in total. The van der Waals surface area contributed by atoms with Gasteiger partial charge in [-0.1, -0.05) is 72.8 Å². The molecule has 4 aromatic rings. The van der Waals surface area contributed by atoms with Gasteiger partial charge >= 0.3 is 5.97 Å². The Balaban J connectivity index is 1.67. The molecule has 0 aliphatic rings. The van der Waals surface area contributed by atoms with Crippen molar-refractivity contribution in [1.82, 2.24) is 4.98 Å². The van der Waals surface area contributed by atoms with Gasteiger partial charge in [0.2, 0.25) is 0 Å². The average molecular weight is 440 g/mol. The van der Waals surface area contributed by atoms with Gasteiger partial charge in [-0.2, -0.15) is 0 Å². The summed E-state index contributed by atoms with van der Waals surface area (Å²) in [7, 11) is 0. The minimum Gasteiger partial charge on any atom is -0.486 e. The molecule has 0 fully saturated rings. The molecule has 0 atom stereocenters. The van der Waals surface area contributed by atoms with E-state index in [0.29, 0.717) is 17.9 Å². The molecule has 0 N–H and O–H groups in total. The summed E-state index contributed by atoms with van der Waals surface area (Å²) in [5.74, 6) is -0.240. The molecule has 0 amide bonds. The van der Waals surface area contributed by atoms with Crippen molar-refractivity contribution in [1.29, 1.82) is 0 Å². The third kappa shape index (κ3) is 5.63. The molecule has 1 aromatic heterocycles. The fourth-order valence-electron chi connectivity index (χ4n) is 3.57. The van der Waals surface area contributed by atoms with Gasteiger partial charge in [0.1, 0.15) is 18.1 Å². The second-order valence-electron chi connectivity index (χ2n) is 7.61. The molecule has 33 heavy (non-hydrogen) atoms. The van der Waals surface area contributed by atoms with Crippen LogP contribution in [0.4, 0.5) is 0 Å². The molecule has 0 saturated carbocycles. The highest BCUT2D eigenvalue weighted by Crippen LogP contribution is 2.29. The van der Waals surface area contributed by atoms with Crippen molar-refractivity contribution in [3.05, 3.63) is 96.2 Å². The van der Waals surface area contributed by atoms with Gasteiger partial charge < -0.3 is 9.47 Å². The third-order valence-electron chi connectivity index (χ3n) is 5.25. The molecule has 5 heteroatoms. The van der Waals surface area contributed by atoms with Gasteiger partial charge in [-0.25, -0.2) is 4.98 Å². The summed E-state index contributed by atoms with van der Waals surface area (Å²) < 4.78 is 11.0. The van der Waals surface area contributed by atoms with Gasteiger partial charge in [-0.3, -0.25) is 9.59 Å². The number of nitrogens with zero attached hydrogens (tertiary/aromatic N) is 1. The molecular formula is C28H25NO4. The van der Waals surface area contributed by atoms with E-state index in [9.17, 15) is 9.59 Å². The second-order valence-corrected chi connectivity index (χ2v) is 7.61. The van der Waals surface area contributed by atoms with Gasteiger partial charge in [0.25, 0.3) is 0 Å². The van der Waals surface area contributed by atoms with Gasteiger partial charge in [0, 0.05) is 11.8 Å². The molecule has 3 aromatic carbocycles. The van der Waals surface area contributed by atoms with Crippen molar-refractivity contribution in [2.75, 3.05) is 6.61 Å². The molecule has 0 unspecified atom stereocenters. The number of pyridine rings is 1. The summed E-state index contributed by atoms with van der Waals surface area (Å²) in [6, 6.07) is 27.6. The molecule has 4 rings (SSSR count). The van der Waals surface area contributed by atoms with E-state index in [-0.39, 0.29) is 30.9 Å². The molecule has 0 aliphatic heterocycles. The molecule has 166 valence electrons. The lowest BCUT2D eigenvalue weighted by atomic mass is 10.0. The first-order valence-electron chi connectivity index (χ1n) is 11.0. The van der Waals surface area contributed by atoms with Crippen molar-refractivity contribution in [2.45, 2.75) is 26.4 Å². The number of benzene rings is 3. The van der Waals surface area contributed by atoms with Crippen LogP contribution in [0.3, 0.4) is 0 Å². The van der Waals surface area contributed by atoms with Crippen LogP contribution in [0.15, 0.2) is 84.9 Å². The van der Waals surface area contributed by atoms with Crippen LogP contribution in [0.5, 0.6) is 5.75 Å². The van der Waals surface area contributed by atoms with E-state index in [0.717, 1.165) is 22.1 Å². The molecule has 1 heterocycles. The van der Waals surface area contributed by atoms with Crippen LogP contribution >= 0.6 is 0 Å². The van der Waals surface area contributed by atoms with Gasteiger partial charge in [-0.05, 0) is 35.7 Å². The predicted molar refractivity (Wildman–Crippen MR) is 128 cm³/mol. The van der Waals surface area contributed by atoms with Crippen molar-refractivity contribution >= 4 is 22.7 Å². The number of carbonyl (C=O) groups excluding carboxylic acids is 2. The van der Waals surface area contributed by atoms with E-state index in [2.05, 4.69) is 4.98 Å². The maximum Gasteiger partial charge on any atom is 0.306 e. The van der Waals surface area contributed by atoms with Crippen LogP contribution in [0.1, 0.15) is 35.8 Å². The van der Waals surface area contributed by atoms with E-state index in [1.54, 1.807) is 6.92 Å². The van der Waals surface area contributed by atoms with Gasteiger partial charge in [0.15, 0.2) is 5.78 Å². The standard InChI is InChI=1S/C28H25NO4/c1-2-32-27(31)16-15-25(30)28-26(33-19-20-9-5-3-6-10-20)18-23-14-13-22(17-24(23)29-28)21-11-7-4-8-12-21/h3-14,17-18H,2,15-16,19H2,1H3. The number of rotatable bonds is 9. The monoisotopic (exact) mass is 439 g/mol. The number of esters is 1. The highest BCUT2D eigenvalue weighted by molar-refractivity contribution is 6.01. The SMILES string of the molecule is CCOC(=O)CCC(=O)c1nc2cc(-c3ccccc3)ccc2cc1OCc1ccccc1. The highest BCUT2D eigenvalue weighted by Gasteiger charge is 2.18. The number of aromatic nitrogens is 1. The summed E-state index contributed by atoms with van der Waals surface area (Å²) in [4.78, 5) is 29.5. The number of hydrogen-bond acceptors (Lipinski definition) is 5. The third-order valence-corrected chi connectivity index (χ3v) is 5.25. The lowest BCUT2D eigenvalue weighted by Crippen LogP contribution is -2.11. The van der Waals surface area contributed by atoms with Crippen LogP contribution < -0.4 is 4.74 Å². The molecule has 0 saturated heterocycles. The quantitative estimate of drug-likeness (QED) is 0.236. The number of fused-ring (bicyclic) bond motifs is 1. The van der Waals surface area contributed by atoms with Crippen LogP contribution in [0.25, 0.3) is 22.0 Å². The number of ether oxygens (including phenoxy) is 2. The van der Waals surface area contributed by atoms with Crippen molar-refractivity contribution < 1.29 is 19.1 Å². The van der Waals surface area contributed by atoms with E-state index in [4.69, 9.17) is 9.47 Å². The van der Waals surface area contributed by atoms with Gasteiger partial charge in [-0.15, -0.1) is 0 Å². The number of Topliss-reactive ketones (excluding diaryl/α,β-unsaturated/α-hetero) is 1. The predicted octanol–water partition coefficient (Wildman–Crippen LogP) is 6.01. The number of hydrogen-bond donors (Lipinski definition) is 0. The fourth-order valence-corrected chi connectivity index (χ4v) is 3.57. The lowest BCUT2D eigenvalue weighted by molar-refractivity contribution is -0.143. The van der Waals surface area contributed by atoms with Crippen LogP contribution in [0, 0.1) is 0 Å². The summed E-state index contributed by atoms with van der Waals surface area (Å²) >= 11 is 0. The summed E-state index contributed by atoms with van der Waals surface area (Å²) in [5, 5.41) is 0.875. The first-order valence-corrected chi connectivity index (χ1v) is 11.0. The molecule has 0 spiro atoms. The van der Waals surface area contributed by atoms with Crippen LogP contribution in [-0.2, 0) is 16.1 Å². The molecule has 0 aliphatic carbocycles. The first-order chi connectivity index (χ1) is 16.1. The highest BCUT2D eigenvalue weighted by atomic mass is 16.5. The first kappa shape index (κ1) is 22.2. The smallest absolute Gasteiger partial charge is 0.306 e. The average Bonchev–Trinajstić information content (AvgIpc) is 2.86. The molecule has 0 radical (unpaired) electrons. The maximum absolute atomic E-state index is 13.0. The van der Waals surface area contributed by atoms with Crippen molar-refractivity contribution in [3.63, 3.8) is 0 Å². The number of ketones is 1. The van der Waals surface area contributed by atoms with E-state index >= 15 is 0 Å². The fraction of sp³-hybridized carbons (Fsp3) is 0.179. The Bertz CT molecular complexity index is 1250. The molecule has 0 bridgehead atoms. The normalized spacial score (nSPS) is 10.7. The second kappa shape index (κ2) is 10.6. The Morgan fingerprint density at radius 3 is 2.27 bits per heavy atom. The van der Waals surface area contributed by atoms with E-state index in [1.807, 2.05) is 84.9 Å². The zero-order valence-electron chi connectivity index (χ0n) is 18.5. The zero-order valence-corrected chi connectivity index (χ0v) is 18.5. The number of carbonyl (C=O) groups is 2. The van der Waals surface area contributed by atoms with Crippen molar-refractivity contribution in [3.8, 4) is 16.9 Å². The zero-order chi connectivity index (χ0) is 23.0. The molecular weight excluding hydrogens is 414 g/mol. The largest absolute Gasteiger partial charge is 0.486 e. The van der Waals surface area contributed by atoms with E-state index in [1.165, 1.54) is 0 Å². The Labute approximate surface area is 193 Å². The van der Waals surface area contributed by atoms with E-state index < -0.39 is 5.97 Å². The Morgan fingerprint density at radius 2 is 1.55 bits per heavy atom. The lowest BCUT2D eigenvalue weighted by Gasteiger charge is -2.13. The van der Waals surface area contributed by atoms with Crippen LogP contribution in [0.2, 0.25) is 0 Å². The Kier molecular flexibility index (Phi) is 7.10. The summed E-state index contributed by atoms with van der Waals surface area (Å²) in [6.07, 6.45) is 0.0198. The summed E-state index contributed by atoms with van der Waals surface area (Å²) in [6.45, 7) is 2.34. The van der Waals surface area contributed by atoms with Crippen LogP contribution in [-0.4, -0.2) is 23.3 Å². The maximum atomic E-state index is 13.0. The topological polar surface area (TPSA) is 65.5 Å². The minimum atomic E-state index is -0.398. The Morgan fingerprint density at radius 1 is 0.818 bits per heavy atom. The minimum absolute atomic E-state index is 0.00850.